The first-order valence-corrected chi connectivity index (χ1v) is 5.97. The van der Waals surface area contributed by atoms with E-state index in [4.69, 9.17) is 5.11 Å². The fourth-order valence-corrected chi connectivity index (χ4v) is 2.90. The number of aliphatic hydroxyl groups is 1. The molecule has 0 fully saturated rings. The summed E-state index contributed by atoms with van der Waals surface area (Å²) in [5, 5.41) is 21.9. The van der Waals surface area contributed by atoms with Crippen LogP contribution in [0.2, 0.25) is 0 Å². The van der Waals surface area contributed by atoms with E-state index in [2.05, 4.69) is 0 Å². The summed E-state index contributed by atoms with van der Waals surface area (Å²) in [5.74, 6) is -1.21. The topological polar surface area (TPSA) is 57.5 Å². The molecule has 2 heterocycles. The summed E-state index contributed by atoms with van der Waals surface area (Å²) in [6.45, 7) is 0. The predicted molar refractivity (Wildman–Crippen MR) is 60.2 cm³/mol. The lowest BCUT2D eigenvalue weighted by atomic mass is 10.2. The van der Waals surface area contributed by atoms with Gasteiger partial charge in [-0.1, -0.05) is 0 Å². The maximum atomic E-state index is 10.6. The van der Waals surface area contributed by atoms with E-state index in [9.17, 15) is 9.90 Å². The Labute approximate surface area is 94.2 Å². The normalized spacial score (nSPS) is 12.6. The third kappa shape index (κ3) is 2.09. The van der Waals surface area contributed by atoms with E-state index in [-0.39, 0.29) is 0 Å². The van der Waals surface area contributed by atoms with Crippen molar-refractivity contribution in [3.05, 3.63) is 33.8 Å². The van der Waals surface area contributed by atoms with E-state index in [1.165, 1.54) is 11.3 Å². The number of hydrogen-bond acceptors (Lipinski definition) is 4. The van der Waals surface area contributed by atoms with Crippen molar-refractivity contribution < 1.29 is 15.0 Å². The maximum Gasteiger partial charge on any atom is 0.338 e. The summed E-state index contributed by atoms with van der Waals surface area (Å²) in [6.07, 6.45) is -1.41. The lowest BCUT2D eigenvalue weighted by Gasteiger charge is -1.99. The van der Waals surface area contributed by atoms with Crippen LogP contribution in [0.25, 0.3) is 10.4 Å². The van der Waals surface area contributed by atoms with Crippen LogP contribution in [-0.4, -0.2) is 16.2 Å². The molecule has 78 valence electrons. The standard InChI is InChI=1S/C10H8O3S2/c11-9(10(12)13)8-2-1-7(15-8)6-3-4-14-5-6/h1-5,9,11H,(H,12,13). The number of thiophene rings is 2. The highest BCUT2D eigenvalue weighted by molar-refractivity contribution is 7.16. The van der Waals surface area contributed by atoms with Crippen LogP contribution in [0.4, 0.5) is 0 Å². The maximum absolute atomic E-state index is 10.6. The van der Waals surface area contributed by atoms with Crippen LogP contribution in [0, 0.1) is 0 Å². The Bertz CT molecular complexity index is 459. The van der Waals surface area contributed by atoms with Gasteiger partial charge in [-0.2, -0.15) is 11.3 Å². The first-order valence-electron chi connectivity index (χ1n) is 4.21. The Morgan fingerprint density at radius 3 is 2.73 bits per heavy atom. The largest absolute Gasteiger partial charge is 0.479 e. The molecule has 0 aliphatic rings. The van der Waals surface area contributed by atoms with Gasteiger partial charge in [0.25, 0.3) is 0 Å². The SMILES string of the molecule is O=C(O)C(O)c1ccc(-c2ccsc2)s1. The molecule has 0 radical (unpaired) electrons. The Kier molecular flexibility index (Phi) is 2.86. The van der Waals surface area contributed by atoms with Crippen LogP contribution < -0.4 is 0 Å². The summed E-state index contributed by atoms with van der Waals surface area (Å²) >= 11 is 2.89. The summed E-state index contributed by atoms with van der Waals surface area (Å²) in [6, 6.07) is 5.44. The van der Waals surface area contributed by atoms with Gasteiger partial charge in [-0.15, -0.1) is 11.3 Å². The minimum atomic E-state index is -1.41. The fraction of sp³-hybridized carbons (Fsp3) is 0.100. The number of carboxylic acids is 1. The van der Waals surface area contributed by atoms with E-state index in [0.29, 0.717) is 4.88 Å². The van der Waals surface area contributed by atoms with E-state index < -0.39 is 12.1 Å². The van der Waals surface area contributed by atoms with Gasteiger partial charge in [0.2, 0.25) is 0 Å². The highest BCUT2D eigenvalue weighted by atomic mass is 32.1. The van der Waals surface area contributed by atoms with Gasteiger partial charge in [-0.3, -0.25) is 0 Å². The van der Waals surface area contributed by atoms with Crippen molar-refractivity contribution in [1.82, 2.24) is 0 Å². The second-order valence-electron chi connectivity index (χ2n) is 2.95. The molecule has 0 saturated carbocycles. The van der Waals surface area contributed by atoms with Crippen LogP contribution in [0.1, 0.15) is 11.0 Å². The van der Waals surface area contributed by atoms with E-state index in [0.717, 1.165) is 10.4 Å². The minimum Gasteiger partial charge on any atom is -0.479 e. The van der Waals surface area contributed by atoms with Crippen LogP contribution in [0.3, 0.4) is 0 Å². The zero-order chi connectivity index (χ0) is 10.8. The summed E-state index contributed by atoms with van der Waals surface area (Å²) in [7, 11) is 0. The molecule has 15 heavy (non-hydrogen) atoms. The Hall–Kier alpha value is -1.17. The molecule has 2 aromatic heterocycles. The third-order valence-electron chi connectivity index (χ3n) is 1.94. The number of hydrogen-bond donors (Lipinski definition) is 2. The molecule has 1 atom stereocenters. The van der Waals surface area contributed by atoms with Crippen LogP contribution in [-0.2, 0) is 4.79 Å². The van der Waals surface area contributed by atoms with Crippen molar-refractivity contribution in [3.63, 3.8) is 0 Å². The van der Waals surface area contributed by atoms with Crippen molar-refractivity contribution in [3.8, 4) is 10.4 Å². The lowest BCUT2D eigenvalue weighted by Crippen LogP contribution is -2.08. The lowest BCUT2D eigenvalue weighted by molar-refractivity contribution is -0.146. The molecular formula is C10H8O3S2. The zero-order valence-electron chi connectivity index (χ0n) is 7.58. The first kappa shape index (κ1) is 10.4. The molecule has 0 saturated heterocycles. The summed E-state index contributed by atoms with van der Waals surface area (Å²) in [5.41, 5.74) is 1.06. The Morgan fingerprint density at radius 1 is 1.33 bits per heavy atom. The molecule has 3 nitrogen and oxygen atoms in total. The summed E-state index contributed by atoms with van der Waals surface area (Å²) < 4.78 is 0. The van der Waals surface area contributed by atoms with Gasteiger partial charge in [-0.25, -0.2) is 4.79 Å². The molecule has 0 bridgehead atoms. The van der Waals surface area contributed by atoms with Crippen LogP contribution in [0.5, 0.6) is 0 Å². The fourth-order valence-electron chi connectivity index (χ4n) is 1.18. The van der Waals surface area contributed by atoms with Crippen LogP contribution >= 0.6 is 22.7 Å². The van der Waals surface area contributed by atoms with E-state index in [1.54, 1.807) is 17.4 Å². The molecule has 1 unspecified atom stereocenters. The van der Waals surface area contributed by atoms with Gasteiger partial charge >= 0.3 is 5.97 Å². The third-order valence-corrected chi connectivity index (χ3v) is 3.81. The highest BCUT2D eigenvalue weighted by Crippen LogP contribution is 2.32. The predicted octanol–water partition coefficient (Wildman–Crippen LogP) is 2.59. The first-order chi connectivity index (χ1) is 7.18. The smallest absolute Gasteiger partial charge is 0.338 e. The van der Waals surface area contributed by atoms with E-state index >= 15 is 0 Å². The molecule has 0 amide bonds. The number of rotatable bonds is 3. The molecule has 5 heteroatoms. The van der Waals surface area contributed by atoms with Crippen LogP contribution in [0.15, 0.2) is 29.0 Å². The Balaban J connectivity index is 2.28. The zero-order valence-corrected chi connectivity index (χ0v) is 9.22. The van der Waals surface area contributed by atoms with Crippen molar-refractivity contribution >= 4 is 28.6 Å². The summed E-state index contributed by atoms with van der Waals surface area (Å²) in [4.78, 5) is 12.0. The van der Waals surface area contributed by atoms with Gasteiger partial charge in [-0.05, 0) is 29.0 Å². The number of aliphatic hydroxyl groups excluding tert-OH is 1. The van der Waals surface area contributed by atoms with Gasteiger partial charge < -0.3 is 10.2 Å². The van der Waals surface area contributed by atoms with Crippen molar-refractivity contribution in [2.75, 3.05) is 0 Å². The molecule has 2 rings (SSSR count). The number of carbonyl (C=O) groups is 1. The molecular weight excluding hydrogens is 232 g/mol. The Morgan fingerprint density at radius 2 is 2.13 bits per heavy atom. The van der Waals surface area contributed by atoms with Crippen molar-refractivity contribution in [2.45, 2.75) is 6.10 Å². The average Bonchev–Trinajstić information content (AvgIpc) is 2.86. The van der Waals surface area contributed by atoms with Crippen molar-refractivity contribution in [1.29, 1.82) is 0 Å². The quantitative estimate of drug-likeness (QED) is 0.867. The van der Waals surface area contributed by atoms with Gasteiger partial charge in [0.15, 0.2) is 6.10 Å². The second kappa shape index (κ2) is 4.14. The molecule has 0 aromatic carbocycles. The number of carboxylic acid groups (broad SMARTS) is 1. The van der Waals surface area contributed by atoms with E-state index in [1.807, 2.05) is 22.9 Å². The number of aliphatic carboxylic acids is 1. The van der Waals surface area contributed by atoms with Gasteiger partial charge in [0, 0.05) is 15.3 Å². The molecule has 2 N–H and O–H groups in total. The molecule has 0 aliphatic carbocycles. The molecule has 0 spiro atoms. The molecule has 0 aliphatic heterocycles. The monoisotopic (exact) mass is 240 g/mol. The average molecular weight is 240 g/mol. The van der Waals surface area contributed by atoms with Crippen molar-refractivity contribution in [2.24, 2.45) is 0 Å². The minimum absolute atomic E-state index is 0.462. The van der Waals surface area contributed by atoms with Gasteiger partial charge in [0.1, 0.15) is 0 Å². The van der Waals surface area contributed by atoms with Gasteiger partial charge in [0.05, 0.1) is 0 Å². The highest BCUT2D eigenvalue weighted by Gasteiger charge is 2.18. The second-order valence-corrected chi connectivity index (χ2v) is 4.85. The molecule has 2 aromatic rings.